The number of nitrogens with zero attached hydrogens (tertiary/aromatic N) is 1. The van der Waals surface area contributed by atoms with E-state index in [4.69, 9.17) is 10.5 Å². The van der Waals surface area contributed by atoms with Gasteiger partial charge in [0.05, 0.1) is 0 Å². The highest BCUT2D eigenvalue weighted by atomic mass is 19.1. The highest BCUT2D eigenvalue weighted by Crippen LogP contribution is 2.17. The summed E-state index contributed by atoms with van der Waals surface area (Å²) < 4.78 is 19.5. The number of nitrogens with two attached hydrogens (primary N) is 1. The lowest BCUT2D eigenvalue weighted by atomic mass is 10.3. The van der Waals surface area contributed by atoms with Gasteiger partial charge in [-0.2, -0.15) is 0 Å². The normalized spacial score (nSPS) is 10.2. The average molecular weight is 234 g/mol. The van der Waals surface area contributed by atoms with Crippen LogP contribution in [0.4, 0.5) is 10.2 Å². The molecule has 1 aromatic heterocycles. The number of ether oxygens (including phenoxy) is 1. The molecule has 5 heteroatoms. The summed E-state index contributed by atoms with van der Waals surface area (Å²) in [5, 5.41) is 0. The standard InChI is InChI=1S/C12H11FN2O2/c1-15-6-5-10(11(15)14)12(16)17-9-4-2-3-8(13)7-9/h2-7H,14H2,1H3. The van der Waals surface area contributed by atoms with E-state index < -0.39 is 11.8 Å². The Morgan fingerprint density at radius 1 is 1.41 bits per heavy atom. The van der Waals surface area contributed by atoms with Crippen LogP contribution in [0.3, 0.4) is 0 Å². The molecule has 0 unspecified atom stereocenters. The van der Waals surface area contributed by atoms with Gasteiger partial charge in [-0.15, -0.1) is 0 Å². The van der Waals surface area contributed by atoms with Crippen LogP contribution in [-0.4, -0.2) is 10.5 Å². The number of benzene rings is 1. The number of nitrogen functional groups attached to an aromatic ring is 1. The van der Waals surface area contributed by atoms with E-state index in [-0.39, 0.29) is 11.3 Å². The molecule has 1 heterocycles. The van der Waals surface area contributed by atoms with Gasteiger partial charge in [-0.05, 0) is 18.2 Å². The van der Waals surface area contributed by atoms with Gasteiger partial charge in [0.2, 0.25) is 0 Å². The van der Waals surface area contributed by atoms with E-state index in [1.54, 1.807) is 23.9 Å². The fourth-order valence-corrected chi connectivity index (χ4v) is 1.41. The average Bonchev–Trinajstić information content (AvgIpc) is 2.60. The minimum Gasteiger partial charge on any atom is -0.423 e. The van der Waals surface area contributed by atoms with E-state index in [1.807, 2.05) is 0 Å². The number of aromatic nitrogens is 1. The van der Waals surface area contributed by atoms with Crippen LogP contribution in [0, 0.1) is 5.82 Å². The van der Waals surface area contributed by atoms with Crippen LogP contribution in [0.15, 0.2) is 36.5 Å². The molecule has 0 fully saturated rings. The maximum absolute atomic E-state index is 12.9. The monoisotopic (exact) mass is 234 g/mol. The zero-order valence-electron chi connectivity index (χ0n) is 9.18. The van der Waals surface area contributed by atoms with Crippen molar-refractivity contribution in [3.8, 4) is 5.75 Å². The summed E-state index contributed by atoms with van der Waals surface area (Å²) in [6.45, 7) is 0. The van der Waals surface area contributed by atoms with Gasteiger partial charge in [0.15, 0.2) is 0 Å². The van der Waals surface area contributed by atoms with Crippen molar-refractivity contribution in [1.29, 1.82) is 0 Å². The Balaban J connectivity index is 2.20. The first-order valence-corrected chi connectivity index (χ1v) is 4.96. The van der Waals surface area contributed by atoms with Crippen LogP contribution in [0.5, 0.6) is 5.75 Å². The molecule has 0 atom stereocenters. The number of hydrogen-bond donors (Lipinski definition) is 1. The summed E-state index contributed by atoms with van der Waals surface area (Å²) in [5.41, 5.74) is 5.94. The van der Waals surface area contributed by atoms with Crippen molar-refractivity contribution in [3.05, 3.63) is 47.9 Å². The molecule has 2 rings (SSSR count). The lowest BCUT2D eigenvalue weighted by Gasteiger charge is -2.04. The van der Waals surface area contributed by atoms with Gasteiger partial charge in [0.1, 0.15) is 22.9 Å². The molecule has 88 valence electrons. The molecule has 0 saturated carbocycles. The topological polar surface area (TPSA) is 57.2 Å². The first kappa shape index (κ1) is 11.2. The van der Waals surface area contributed by atoms with E-state index in [0.717, 1.165) is 6.07 Å². The maximum Gasteiger partial charge on any atom is 0.347 e. The van der Waals surface area contributed by atoms with Crippen molar-refractivity contribution >= 4 is 11.8 Å². The third kappa shape index (κ3) is 2.28. The molecule has 0 spiro atoms. The number of halogens is 1. The molecule has 0 radical (unpaired) electrons. The molecular weight excluding hydrogens is 223 g/mol. The molecule has 0 aliphatic rings. The van der Waals surface area contributed by atoms with E-state index >= 15 is 0 Å². The number of carbonyl (C=O) groups is 1. The SMILES string of the molecule is Cn1ccc(C(=O)Oc2cccc(F)c2)c1N. The summed E-state index contributed by atoms with van der Waals surface area (Å²) in [6.07, 6.45) is 1.65. The van der Waals surface area contributed by atoms with Crippen LogP contribution in [0.1, 0.15) is 10.4 Å². The van der Waals surface area contributed by atoms with E-state index in [2.05, 4.69) is 0 Å². The third-order valence-corrected chi connectivity index (χ3v) is 2.35. The van der Waals surface area contributed by atoms with Crippen molar-refractivity contribution in [2.75, 3.05) is 5.73 Å². The van der Waals surface area contributed by atoms with Crippen molar-refractivity contribution in [2.24, 2.45) is 7.05 Å². The summed E-state index contributed by atoms with van der Waals surface area (Å²) in [7, 11) is 1.72. The number of aryl methyl sites for hydroxylation is 1. The van der Waals surface area contributed by atoms with E-state index in [1.165, 1.54) is 18.2 Å². The molecule has 0 amide bonds. The number of anilines is 1. The predicted molar refractivity (Wildman–Crippen MR) is 61.2 cm³/mol. The van der Waals surface area contributed by atoms with Crippen LogP contribution in [0.2, 0.25) is 0 Å². The van der Waals surface area contributed by atoms with Gasteiger partial charge in [0.25, 0.3) is 0 Å². The van der Waals surface area contributed by atoms with Crippen molar-refractivity contribution in [3.63, 3.8) is 0 Å². The molecule has 0 aliphatic heterocycles. The Bertz CT molecular complexity index is 563. The Hall–Kier alpha value is -2.30. The largest absolute Gasteiger partial charge is 0.423 e. The van der Waals surface area contributed by atoms with Gasteiger partial charge < -0.3 is 15.0 Å². The summed E-state index contributed by atoms with van der Waals surface area (Å²) >= 11 is 0. The van der Waals surface area contributed by atoms with E-state index in [9.17, 15) is 9.18 Å². The van der Waals surface area contributed by atoms with Gasteiger partial charge in [-0.3, -0.25) is 0 Å². The molecular formula is C12H11FN2O2. The lowest BCUT2D eigenvalue weighted by Crippen LogP contribution is -2.11. The second-order valence-corrected chi connectivity index (χ2v) is 3.57. The number of hydrogen-bond acceptors (Lipinski definition) is 3. The predicted octanol–water partition coefficient (Wildman–Crippen LogP) is 1.97. The zero-order valence-corrected chi connectivity index (χ0v) is 9.18. The Morgan fingerprint density at radius 3 is 2.76 bits per heavy atom. The second-order valence-electron chi connectivity index (χ2n) is 3.57. The molecule has 0 saturated heterocycles. The van der Waals surface area contributed by atoms with Crippen molar-refractivity contribution < 1.29 is 13.9 Å². The molecule has 0 aliphatic carbocycles. The highest BCUT2D eigenvalue weighted by Gasteiger charge is 2.14. The Labute approximate surface area is 97.4 Å². The molecule has 17 heavy (non-hydrogen) atoms. The van der Waals surface area contributed by atoms with Gasteiger partial charge >= 0.3 is 5.97 Å². The number of carbonyl (C=O) groups excluding carboxylic acids is 1. The summed E-state index contributed by atoms with van der Waals surface area (Å²) in [5.74, 6) is -0.602. The number of esters is 1. The molecule has 2 N–H and O–H groups in total. The first-order valence-electron chi connectivity index (χ1n) is 4.96. The second kappa shape index (κ2) is 4.29. The zero-order chi connectivity index (χ0) is 12.4. The van der Waals surface area contributed by atoms with Gasteiger partial charge in [-0.25, -0.2) is 9.18 Å². The van der Waals surface area contributed by atoms with Crippen molar-refractivity contribution in [1.82, 2.24) is 4.57 Å². The van der Waals surface area contributed by atoms with Crippen LogP contribution < -0.4 is 10.5 Å². The minimum atomic E-state index is -0.603. The highest BCUT2D eigenvalue weighted by molar-refractivity contribution is 5.95. The Morgan fingerprint density at radius 2 is 2.18 bits per heavy atom. The fourth-order valence-electron chi connectivity index (χ4n) is 1.41. The molecule has 0 bridgehead atoms. The number of rotatable bonds is 2. The molecule has 4 nitrogen and oxygen atoms in total. The van der Waals surface area contributed by atoms with Gasteiger partial charge in [0, 0.05) is 19.3 Å². The summed E-state index contributed by atoms with van der Waals surface area (Å²) in [6, 6.07) is 6.93. The van der Waals surface area contributed by atoms with Crippen molar-refractivity contribution in [2.45, 2.75) is 0 Å². The van der Waals surface area contributed by atoms with Crippen LogP contribution in [0.25, 0.3) is 0 Å². The first-order chi connectivity index (χ1) is 8.08. The van der Waals surface area contributed by atoms with Crippen LogP contribution in [-0.2, 0) is 7.05 Å². The van der Waals surface area contributed by atoms with Crippen LogP contribution >= 0.6 is 0 Å². The van der Waals surface area contributed by atoms with Gasteiger partial charge in [-0.1, -0.05) is 6.07 Å². The Kier molecular flexibility index (Phi) is 2.82. The fraction of sp³-hybridized carbons (Fsp3) is 0.0833. The lowest BCUT2D eigenvalue weighted by molar-refractivity contribution is 0.0735. The van der Waals surface area contributed by atoms with E-state index in [0.29, 0.717) is 5.82 Å². The third-order valence-electron chi connectivity index (χ3n) is 2.35. The minimum absolute atomic E-state index is 0.151. The maximum atomic E-state index is 12.9. The molecule has 1 aromatic carbocycles. The smallest absolute Gasteiger partial charge is 0.347 e. The molecule has 2 aromatic rings. The quantitative estimate of drug-likeness (QED) is 0.638. The summed E-state index contributed by atoms with van der Waals surface area (Å²) in [4.78, 5) is 11.7.